The second-order valence-electron chi connectivity index (χ2n) is 2.82. The zero-order valence-electron chi connectivity index (χ0n) is 9.74. The molecule has 14 heavy (non-hydrogen) atoms. The van der Waals surface area contributed by atoms with Gasteiger partial charge in [-0.3, -0.25) is 0 Å². The molecule has 1 rings (SSSR count). The van der Waals surface area contributed by atoms with Gasteiger partial charge in [0.15, 0.2) is 0 Å². The molecule has 1 aromatic carbocycles. The topological polar surface area (TPSA) is 20.2 Å². The molecular formula is C13H24O. The number of aliphatic hydroxyl groups is 1. The van der Waals surface area contributed by atoms with Gasteiger partial charge in [0.2, 0.25) is 0 Å². The van der Waals surface area contributed by atoms with E-state index in [9.17, 15) is 0 Å². The highest BCUT2D eigenvalue weighted by atomic mass is 16.2. The molecule has 0 aliphatic carbocycles. The summed E-state index contributed by atoms with van der Waals surface area (Å²) in [6.45, 7) is 6.35. The first-order valence-corrected chi connectivity index (χ1v) is 5.44. The van der Waals surface area contributed by atoms with Gasteiger partial charge in [-0.25, -0.2) is 0 Å². The molecule has 0 aliphatic rings. The zero-order chi connectivity index (χ0) is 11.1. The average molecular weight is 196 g/mol. The molecule has 1 aromatic rings. The lowest BCUT2D eigenvalue weighted by atomic mass is 10.3. The summed E-state index contributed by atoms with van der Waals surface area (Å²) in [6.07, 6.45) is 4.08. The summed E-state index contributed by atoms with van der Waals surface area (Å²) in [7, 11) is 0. The third-order valence-electron chi connectivity index (χ3n) is 1.37. The van der Waals surface area contributed by atoms with Gasteiger partial charge >= 0.3 is 0 Å². The first kappa shape index (κ1) is 15.6. The molecule has 1 heteroatoms. The van der Waals surface area contributed by atoms with Gasteiger partial charge in [0.25, 0.3) is 0 Å². The molecule has 0 radical (unpaired) electrons. The van der Waals surface area contributed by atoms with Gasteiger partial charge in [-0.1, -0.05) is 69.5 Å². The van der Waals surface area contributed by atoms with Crippen molar-refractivity contribution in [3.63, 3.8) is 0 Å². The summed E-state index contributed by atoms with van der Waals surface area (Å²) < 4.78 is 0. The van der Waals surface area contributed by atoms with Crippen molar-refractivity contribution in [1.82, 2.24) is 0 Å². The predicted molar refractivity (Wildman–Crippen MR) is 64.4 cm³/mol. The molecule has 0 aliphatic heterocycles. The Kier molecular flexibility index (Phi) is 20.2. The van der Waals surface area contributed by atoms with Crippen LogP contribution in [0.5, 0.6) is 0 Å². The summed E-state index contributed by atoms with van der Waals surface area (Å²) in [4.78, 5) is 0. The minimum atomic E-state index is 0.250. The molecule has 0 saturated carbocycles. The Morgan fingerprint density at radius 2 is 0.929 bits per heavy atom. The molecule has 0 amide bonds. The van der Waals surface area contributed by atoms with Gasteiger partial charge in [0.1, 0.15) is 0 Å². The van der Waals surface area contributed by atoms with Crippen molar-refractivity contribution in [3.05, 3.63) is 36.4 Å². The lowest BCUT2D eigenvalue weighted by Gasteiger charge is -1.79. The van der Waals surface area contributed by atoms with Crippen LogP contribution >= 0.6 is 0 Å². The van der Waals surface area contributed by atoms with E-state index >= 15 is 0 Å². The quantitative estimate of drug-likeness (QED) is 0.761. The Balaban J connectivity index is 0. The summed E-state index contributed by atoms with van der Waals surface area (Å²) >= 11 is 0. The number of unbranched alkanes of at least 4 members (excludes halogenated alkanes) is 2. The highest BCUT2D eigenvalue weighted by Gasteiger charge is 1.68. The fourth-order valence-corrected chi connectivity index (χ4v) is 0.738. The number of rotatable bonds is 2. The first-order chi connectivity index (χ1) is 6.83. The van der Waals surface area contributed by atoms with E-state index in [1.807, 2.05) is 36.4 Å². The Bertz CT molecular complexity index is 120. The van der Waals surface area contributed by atoms with Crippen LogP contribution in [0.15, 0.2) is 36.4 Å². The second-order valence-corrected chi connectivity index (χ2v) is 2.82. The molecule has 0 fully saturated rings. The highest BCUT2D eigenvalue weighted by Crippen LogP contribution is 1.88. The van der Waals surface area contributed by atoms with E-state index in [1.165, 1.54) is 19.3 Å². The Morgan fingerprint density at radius 1 is 0.714 bits per heavy atom. The van der Waals surface area contributed by atoms with Crippen LogP contribution < -0.4 is 0 Å². The molecule has 82 valence electrons. The number of aliphatic hydroxyl groups excluding tert-OH is 1. The third kappa shape index (κ3) is 22.5. The SMILES string of the molecule is CCCCC.CCO.c1ccccc1. The second kappa shape index (κ2) is 18.1. The van der Waals surface area contributed by atoms with Gasteiger partial charge in [-0.2, -0.15) is 0 Å². The number of hydrogen-bond donors (Lipinski definition) is 1. The van der Waals surface area contributed by atoms with Crippen LogP contribution in [-0.2, 0) is 0 Å². The van der Waals surface area contributed by atoms with Crippen LogP contribution in [0.2, 0.25) is 0 Å². The summed E-state index contributed by atoms with van der Waals surface area (Å²) in [5, 5.41) is 7.57. The summed E-state index contributed by atoms with van der Waals surface area (Å²) in [5.74, 6) is 0. The van der Waals surface area contributed by atoms with E-state index < -0.39 is 0 Å². The molecule has 1 nitrogen and oxygen atoms in total. The molecular weight excluding hydrogens is 172 g/mol. The molecule has 0 atom stereocenters. The van der Waals surface area contributed by atoms with Gasteiger partial charge in [-0.05, 0) is 6.92 Å². The van der Waals surface area contributed by atoms with Crippen molar-refractivity contribution in [1.29, 1.82) is 0 Å². The fourth-order valence-electron chi connectivity index (χ4n) is 0.738. The minimum absolute atomic E-state index is 0.250. The van der Waals surface area contributed by atoms with E-state index in [0.29, 0.717) is 0 Å². The van der Waals surface area contributed by atoms with E-state index in [1.54, 1.807) is 6.92 Å². The van der Waals surface area contributed by atoms with Crippen molar-refractivity contribution >= 4 is 0 Å². The van der Waals surface area contributed by atoms with Crippen molar-refractivity contribution < 1.29 is 5.11 Å². The van der Waals surface area contributed by atoms with Gasteiger partial charge < -0.3 is 5.11 Å². The van der Waals surface area contributed by atoms with Crippen molar-refractivity contribution in [2.24, 2.45) is 0 Å². The Hall–Kier alpha value is -0.820. The zero-order valence-corrected chi connectivity index (χ0v) is 9.74. The predicted octanol–water partition coefficient (Wildman–Crippen LogP) is 3.88. The molecule has 0 spiro atoms. The fraction of sp³-hybridized carbons (Fsp3) is 0.538. The lowest BCUT2D eigenvalue weighted by Crippen LogP contribution is -1.59. The van der Waals surface area contributed by atoms with Crippen LogP contribution in [0.1, 0.15) is 40.0 Å². The van der Waals surface area contributed by atoms with Crippen LogP contribution in [0.4, 0.5) is 0 Å². The minimum Gasteiger partial charge on any atom is -0.397 e. The van der Waals surface area contributed by atoms with E-state index in [4.69, 9.17) is 5.11 Å². The molecule has 0 bridgehead atoms. The first-order valence-electron chi connectivity index (χ1n) is 5.44. The lowest BCUT2D eigenvalue weighted by molar-refractivity contribution is 0.318. The standard InChI is InChI=1S/C6H6.C5H12.C2H6O/c1-2-4-6-5-3-1;1-3-5-4-2;1-2-3/h1-6H;3-5H2,1-2H3;3H,2H2,1H3. The molecule has 0 aromatic heterocycles. The maximum atomic E-state index is 7.57. The van der Waals surface area contributed by atoms with Crippen LogP contribution in [0.3, 0.4) is 0 Å². The Morgan fingerprint density at radius 3 is 1.00 bits per heavy atom. The van der Waals surface area contributed by atoms with Crippen molar-refractivity contribution in [2.75, 3.05) is 6.61 Å². The molecule has 0 heterocycles. The average Bonchev–Trinajstić information content (AvgIpc) is 2.24. The number of benzene rings is 1. The summed E-state index contributed by atoms with van der Waals surface area (Å²) in [6, 6.07) is 12.0. The van der Waals surface area contributed by atoms with E-state index in [0.717, 1.165) is 0 Å². The summed E-state index contributed by atoms with van der Waals surface area (Å²) in [5.41, 5.74) is 0. The third-order valence-corrected chi connectivity index (χ3v) is 1.37. The van der Waals surface area contributed by atoms with Gasteiger partial charge in [-0.15, -0.1) is 0 Å². The highest BCUT2D eigenvalue weighted by molar-refractivity contribution is 4.99. The normalized spacial score (nSPS) is 7.71. The Labute approximate surface area is 88.8 Å². The van der Waals surface area contributed by atoms with Crippen LogP contribution in [-0.4, -0.2) is 11.7 Å². The molecule has 1 N–H and O–H groups in total. The molecule has 0 saturated heterocycles. The monoisotopic (exact) mass is 196 g/mol. The van der Waals surface area contributed by atoms with Gasteiger partial charge in [0.05, 0.1) is 0 Å². The van der Waals surface area contributed by atoms with Crippen LogP contribution in [0, 0.1) is 0 Å². The van der Waals surface area contributed by atoms with Crippen molar-refractivity contribution in [3.8, 4) is 0 Å². The number of hydrogen-bond acceptors (Lipinski definition) is 1. The van der Waals surface area contributed by atoms with E-state index in [-0.39, 0.29) is 6.61 Å². The van der Waals surface area contributed by atoms with Gasteiger partial charge in [0, 0.05) is 6.61 Å². The maximum absolute atomic E-state index is 7.57. The molecule has 0 unspecified atom stereocenters. The van der Waals surface area contributed by atoms with E-state index in [2.05, 4.69) is 13.8 Å². The van der Waals surface area contributed by atoms with Crippen LogP contribution in [0.25, 0.3) is 0 Å². The maximum Gasteiger partial charge on any atom is 0.0402 e. The largest absolute Gasteiger partial charge is 0.397 e. The smallest absolute Gasteiger partial charge is 0.0402 e. The van der Waals surface area contributed by atoms with Crippen molar-refractivity contribution in [2.45, 2.75) is 40.0 Å².